The Morgan fingerprint density at radius 1 is 1.24 bits per heavy atom. The Morgan fingerprint density at radius 3 is 2.67 bits per heavy atom. The van der Waals surface area contributed by atoms with Crippen LogP contribution in [0.2, 0.25) is 5.02 Å². The molecule has 2 rings (SSSR count). The first-order valence-electron chi connectivity index (χ1n) is 6.14. The Hall–Kier alpha value is -2.40. The molecule has 0 aliphatic rings. The highest BCUT2D eigenvalue weighted by atomic mass is 35.5. The molecule has 0 heterocycles. The van der Waals surface area contributed by atoms with Gasteiger partial charge in [-0.05, 0) is 24.3 Å². The number of nitrogen functional groups attached to an aromatic ring is 1. The third-order valence-corrected chi connectivity index (χ3v) is 3.26. The van der Waals surface area contributed by atoms with E-state index >= 15 is 0 Å². The highest BCUT2D eigenvalue weighted by Gasteiger charge is 2.15. The van der Waals surface area contributed by atoms with Crippen LogP contribution < -0.4 is 15.8 Å². The molecule has 0 saturated heterocycles. The number of ether oxygens (including phenoxy) is 2. The number of hydrogen-bond donors (Lipinski definition) is 2. The molecule has 0 spiro atoms. The first-order chi connectivity index (χ1) is 10.1. The second-order valence-electron chi connectivity index (χ2n) is 4.23. The monoisotopic (exact) mass is 306 g/mol. The molecule has 6 heteroatoms. The van der Waals surface area contributed by atoms with Gasteiger partial charge < -0.3 is 20.5 Å². The van der Waals surface area contributed by atoms with Gasteiger partial charge in [0.05, 0.1) is 41.9 Å². The number of nitrogens with two attached hydrogens (primary N) is 1. The molecule has 21 heavy (non-hydrogen) atoms. The Morgan fingerprint density at radius 2 is 2.00 bits per heavy atom. The van der Waals surface area contributed by atoms with E-state index in [4.69, 9.17) is 26.8 Å². The third-order valence-electron chi connectivity index (χ3n) is 2.94. The largest absolute Gasteiger partial charge is 0.497 e. The van der Waals surface area contributed by atoms with Crippen molar-refractivity contribution in [1.29, 1.82) is 0 Å². The summed E-state index contributed by atoms with van der Waals surface area (Å²) in [6.45, 7) is 0. The minimum atomic E-state index is -0.483. The Balaban J connectivity index is 2.46. The van der Waals surface area contributed by atoms with E-state index in [-0.39, 0.29) is 0 Å². The van der Waals surface area contributed by atoms with Crippen LogP contribution in [0.15, 0.2) is 36.4 Å². The summed E-state index contributed by atoms with van der Waals surface area (Å²) >= 11 is 6.15. The van der Waals surface area contributed by atoms with Crippen molar-refractivity contribution in [1.82, 2.24) is 0 Å². The van der Waals surface area contributed by atoms with Crippen molar-refractivity contribution >= 4 is 34.6 Å². The maximum Gasteiger partial charge on any atom is 0.340 e. The van der Waals surface area contributed by atoms with Crippen molar-refractivity contribution in [3.05, 3.63) is 47.0 Å². The Kier molecular flexibility index (Phi) is 4.55. The summed E-state index contributed by atoms with van der Waals surface area (Å²) in [7, 11) is 2.87. The van der Waals surface area contributed by atoms with Crippen molar-refractivity contribution in [2.75, 3.05) is 25.3 Å². The maximum absolute atomic E-state index is 11.8. The second-order valence-corrected chi connectivity index (χ2v) is 4.64. The van der Waals surface area contributed by atoms with Gasteiger partial charge in [0.2, 0.25) is 0 Å². The quantitative estimate of drug-likeness (QED) is 0.668. The van der Waals surface area contributed by atoms with Crippen LogP contribution in [-0.2, 0) is 4.74 Å². The van der Waals surface area contributed by atoms with Crippen LogP contribution >= 0.6 is 11.6 Å². The number of carbonyl (C=O) groups is 1. The van der Waals surface area contributed by atoms with Gasteiger partial charge in [-0.15, -0.1) is 0 Å². The molecule has 0 aromatic heterocycles. The summed E-state index contributed by atoms with van der Waals surface area (Å²) in [6.07, 6.45) is 0. The fourth-order valence-electron chi connectivity index (χ4n) is 1.85. The molecule has 0 aliphatic heterocycles. The lowest BCUT2D eigenvalue weighted by Crippen LogP contribution is -2.08. The van der Waals surface area contributed by atoms with E-state index in [0.717, 1.165) is 0 Å². The lowest BCUT2D eigenvalue weighted by atomic mass is 10.1. The van der Waals surface area contributed by atoms with Gasteiger partial charge in [-0.1, -0.05) is 17.7 Å². The number of anilines is 3. The van der Waals surface area contributed by atoms with Crippen LogP contribution in [-0.4, -0.2) is 20.2 Å². The predicted octanol–water partition coefficient (Wildman–Crippen LogP) is 3.46. The number of para-hydroxylation sites is 1. The maximum atomic E-state index is 11.8. The van der Waals surface area contributed by atoms with Crippen molar-refractivity contribution in [2.45, 2.75) is 0 Å². The van der Waals surface area contributed by atoms with Crippen LogP contribution in [0.5, 0.6) is 5.75 Å². The smallest absolute Gasteiger partial charge is 0.340 e. The zero-order valence-corrected chi connectivity index (χ0v) is 12.4. The lowest BCUT2D eigenvalue weighted by molar-refractivity contribution is 0.0602. The van der Waals surface area contributed by atoms with E-state index in [0.29, 0.717) is 33.4 Å². The van der Waals surface area contributed by atoms with Crippen LogP contribution in [0.3, 0.4) is 0 Å². The minimum Gasteiger partial charge on any atom is -0.497 e. The van der Waals surface area contributed by atoms with Crippen LogP contribution in [0, 0.1) is 0 Å². The number of methoxy groups -OCH3 is 2. The lowest BCUT2D eigenvalue weighted by Gasteiger charge is -2.15. The van der Waals surface area contributed by atoms with Gasteiger partial charge in [-0.2, -0.15) is 0 Å². The molecule has 0 unspecified atom stereocenters. The first kappa shape index (κ1) is 15.0. The summed E-state index contributed by atoms with van der Waals surface area (Å²) < 4.78 is 9.91. The molecule has 0 amide bonds. The number of benzene rings is 2. The molecular formula is C15H15ClN2O3. The molecule has 110 valence electrons. The molecule has 0 atom stereocenters. The van der Waals surface area contributed by atoms with E-state index < -0.39 is 5.97 Å². The SMILES string of the molecule is COC(=O)c1cccc(N)c1Nc1cc(OC)ccc1Cl. The van der Waals surface area contributed by atoms with Gasteiger partial charge in [-0.3, -0.25) is 0 Å². The van der Waals surface area contributed by atoms with Crippen molar-refractivity contribution < 1.29 is 14.3 Å². The Labute approximate surface area is 127 Å². The van der Waals surface area contributed by atoms with Gasteiger partial charge in [0.15, 0.2) is 0 Å². The molecule has 0 radical (unpaired) electrons. The van der Waals surface area contributed by atoms with Crippen molar-refractivity contribution in [3.63, 3.8) is 0 Å². The van der Waals surface area contributed by atoms with Gasteiger partial charge in [0.1, 0.15) is 5.75 Å². The van der Waals surface area contributed by atoms with E-state index in [9.17, 15) is 4.79 Å². The van der Waals surface area contributed by atoms with Gasteiger partial charge in [0, 0.05) is 6.07 Å². The van der Waals surface area contributed by atoms with Crippen molar-refractivity contribution in [3.8, 4) is 5.75 Å². The van der Waals surface area contributed by atoms with Gasteiger partial charge in [0.25, 0.3) is 0 Å². The van der Waals surface area contributed by atoms with E-state index in [2.05, 4.69) is 5.32 Å². The third kappa shape index (κ3) is 3.20. The minimum absolute atomic E-state index is 0.330. The molecule has 3 N–H and O–H groups in total. The number of carbonyl (C=O) groups excluding carboxylic acids is 1. The standard InChI is InChI=1S/C15H15ClN2O3/c1-20-9-6-7-11(16)13(8-9)18-14-10(15(19)21-2)4-3-5-12(14)17/h3-8,18H,17H2,1-2H3. The van der Waals surface area contributed by atoms with E-state index in [1.165, 1.54) is 7.11 Å². The molecule has 0 saturated carbocycles. The number of hydrogen-bond acceptors (Lipinski definition) is 5. The normalized spacial score (nSPS) is 10.0. The topological polar surface area (TPSA) is 73.6 Å². The highest BCUT2D eigenvalue weighted by molar-refractivity contribution is 6.33. The summed E-state index contributed by atoms with van der Waals surface area (Å²) in [6, 6.07) is 10.1. The summed E-state index contributed by atoms with van der Waals surface area (Å²) in [5.41, 5.74) is 7.71. The number of rotatable bonds is 4. The molecule has 0 fully saturated rings. The zero-order chi connectivity index (χ0) is 15.4. The van der Waals surface area contributed by atoms with Crippen molar-refractivity contribution in [2.24, 2.45) is 0 Å². The van der Waals surface area contributed by atoms with Crippen LogP contribution in [0.25, 0.3) is 0 Å². The fourth-order valence-corrected chi connectivity index (χ4v) is 2.02. The summed E-state index contributed by atoms with van der Waals surface area (Å²) in [5, 5.41) is 3.54. The summed E-state index contributed by atoms with van der Waals surface area (Å²) in [5.74, 6) is 0.153. The molecule has 5 nitrogen and oxygen atoms in total. The number of halogens is 1. The van der Waals surface area contributed by atoms with Crippen LogP contribution in [0.1, 0.15) is 10.4 Å². The van der Waals surface area contributed by atoms with Gasteiger partial charge >= 0.3 is 5.97 Å². The number of nitrogens with one attached hydrogen (secondary N) is 1. The average Bonchev–Trinajstić information content (AvgIpc) is 2.50. The molecule has 0 bridgehead atoms. The molecule has 2 aromatic carbocycles. The highest BCUT2D eigenvalue weighted by Crippen LogP contribution is 2.33. The number of esters is 1. The molecular weight excluding hydrogens is 292 g/mol. The van der Waals surface area contributed by atoms with Crippen LogP contribution in [0.4, 0.5) is 17.1 Å². The Bertz CT molecular complexity index is 674. The molecule has 2 aromatic rings. The van der Waals surface area contributed by atoms with Gasteiger partial charge in [-0.25, -0.2) is 4.79 Å². The van der Waals surface area contributed by atoms with E-state index in [1.807, 2.05) is 0 Å². The predicted molar refractivity (Wildman–Crippen MR) is 83.5 cm³/mol. The molecule has 0 aliphatic carbocycles. The van der Waals surface area contributed by atoms with E-state index in [1.54, 1.807) is 43.5 Å². The second kappa shape index (κ2) is 6.37. The average molecular weight is 307 g/mol. The first-order valence-corrected chi connectivity index (χ1v) is 6.52. The zero-order valence-electron chi connectivity index (χ0n) is 11.6. The summed E-state index contributed by atoms with van der Waals surface area (Å²) in [4.78, 5) is 11.8. The fraction of sp³-hybridized carbons (Fsp3) is 0.133.